The standard InChI is InChI=1S/C25H23N3O3/c26-21(25(30)31)15-27-24(29)23-14-20-19(11-6-12-22(20)28-23)18-10-5-4-9-17(18)13-16-7-2-1-3-8-16/h1-12,14,21,28H,13,15,26H2,(H,27,29)(H,30,31). The van der Waals surface area contributed by atoms with Crippen molar-refractivity contribution in [1.82, 2.24) is 10.3 Å². The van der Waals surface area contributed by atoms with Crippen molar-refractivity contribution >= 4 is 22.8 Å². The summed E-state index contributed by atoms with van der Waals surface area (Å²) in [5.74, 6) is -1.55. The number of carboxylic acid groups (broad SMARTS) is 1. The minimum atomic E-state index is -1.16. The van der Waals surface area contributed by atoms with E-state index in [1.165, 1.54) is 11.1 Å². The summed E-state index contributed by atoms with van der Waals surface area (Å²) in [6, 6.07) is 25.1. The molecule has 5 N–H and O–H groups in total. The zero-order valence-corrected chi connectivity index (χ0v) is 16.8. The fourth-order valence-corrected chi connectivity index (χ4v) is 3.65. The first-order valence-corrected chi connectivity index (χ1v) is 10.0. The first-order chi connectivity index (χ1) is 15.0. The number of rotatable bonds is 7. The van der Waals surface area contributed by atoms with Gasteiger partial charge in [-0.2, -0.15) is 0 Å². The molecule has 0 aliphatic heterocycles. The Bertz CT molecular complexity index is 1230. The molecule has 156 valence electrons. The molecule has 1 heterocycles. The number of amides is 1. The number of hydrogen-bond acceptors (Lipinski definition) is 3. The van der Waals surface area contributed by atoms with Crippen LogP contribution in [0.5, 0.6) is 0 Å². The Hall–Kier alpha value is -3.90. The Balaban J connectivity index is 1.67. The van der Waals surface area contributed by atoms with E-state index >= 15 is 0 Å². The molecular formula is C25H23N3O3. The van der Waals surface area contributed by atoms with Crippen LogP contribution < -0.4 is 11.1 Å². The predicted molar refractivity (Wildman–Crippen MR) is 121 cm³/mol. The maximum atomic E-state index is 12.5. The molecule has 0 fully saturated rings. The molecule has 0 spiro atoms. The normalized spacial score (nSPS) is 11.9. The van der Waals surface area contributed by atoms with E-state index in [2.05, 4.69) is 34.6 Å². The molecule has 6 heteroatoms. The summed E-state index contributed by atoms with van der Waals surface area (Å²) in [6.07, 6.45) is 0.804. The van der Waals surface area contributed by atoms with Gasteiger partial charge in [-0.05, 0) is 40.8 Å². The van der Waals surface area contributed by atoms with Crippen LogP contribution in [0.15, 0.2) is 78.9 Å². The van der Waals surface area contributed by atoms with Gasteiger partial charge >= 0.3 is 5.97 Å². The molecule has 4 aromatic rings. The predicted octanol–water partition coefficient (Wildman–Crippen LogP) is 3.57. The number of benzene rings is 3. The molecule has 1 atom stereocenters. The zero-order valence-electron chi connectivity index (χ0n) is 16.8. The fraction of sp³-hybridized carbons (Fsp3) is 0.120. The minimum absolute atomic E-state index is 0.143. The van der Waals surface area contributed by atoms with E-state index in [1.54, 1.807) is 6.07 Å². The van der Waals surface area contributed by atoms with Crippen LogP contribution in [-0.4, -0.2) is 34.6 Å². The van der Waals surface area contributed by atoms with E-state index in [1.807, 2.05) is 48.5 Å². The average molecular weight is 413 g/mol. The van der Waals surface area contributed by atoms with Crippen LogP contribution in [0.25, 0.3) is 22.0 Å². The molecule has 0 aliphatic carbocycles. The molecule has 1 aromatic heterocycles. The second kappa shape index (κ2) is 8.85. The van der Waals surface area contributed by atoms with Gasteiger partial charge in [-0.3, -0.25) is 9.59 Å². The van der Waals surface area contributed by atoms with Crippen LogP contribution in [0.4, 0.5) is 0 Å². The van der Waals surface area contributed by atoms with E-state index in [9.17, 15) is 9.59 Å². The van der Waals surface area contributed by atoms with Gasteiger partial charge in [-0.25, -0.2) is 0 Å². The average Bonchev–Trinajstić information content (AvgIpc) is 3.23. The van der Waals surface area contributed by atoms with Crippen LogP contribution in [-0.2, 0) is 11.2 Å². The smallest absolute Gasteiger partial charge is 0.322 e. The lowest BCUT2D eigenvalue weighted by Crippen LogP contribution is -2.42. The van der Waals surface area contributed by atoms with Crippen LogP contribution in [0, 0.1) is 0 Å². The monoisotopic (exact) mass is 413 g/mol. The Morgan fingerprint density at radius 1 is 0.935 bits per heavy atom. The molecule has 4 rings (SSSR count). The molecule has 31 heavy (non-hydrogen) atoms. The van der Waals surface area contributed by atoms with Gasteiger partial charge < -0.3 is 21.1 Å². The van der Waals surface area contributed by atoms with E-state index in [0.29, 0.717) is 5.69 Å². The lowest BCUT2D eigenvalue weighted by Gasteiger charge is -2.11. The van der Waals surface area contributed by atoms with E-state index in [0.717, 1.165) is 28.5 Å². The van der Waals surface area contributed by atoms with Crippen molar-refractivity contribution in [2.24, 2.45) is 5.73 Å². The molecule has 6 nitrogen and oxygen atoms in total. The summed E-state index contributed by atoms with van der Waals surface area (Å²) in [7, 11) is 0. The van der Waals surface area contributed by atoms with Crippen LogP contribution in [0.1, 0.15) is 21.6 Å². The highest BCUT2D eigenvalue weighted by Gasteiger charge is 2.17. The number of hydrogen-bond donors (Lipinski definition) is 4. The Morgan fingerprint density at radius 2 is 1.65 bits per heavy atom. The van der Waals surface area contributed by atoms with Gasteiger partial charge in [0.2, 0.25) is 0 Å². The third-order valence-corrected chi connectivity index (χ3v) is 5.25. The summed E-state index contributed by atoms with van der Waals surface area (Å²) in [5.41, 5.74) is 11.2. The molecule has 0 bridgehead atoms. The number of H-pyrrole nitrogens is 1. The maximum Gasteiger partial charge on any atom is 0.322 e. The number of carbonyl (C=O) groups is 2. The summed E-state index contributed by atoms with van der Waals surface area (Å²) < 4.78 is 0. The van der Waals surface area contributed by atoms with Crippen molar-refractivity contribution in [1.29, 1.82) is 0 Å². The van der Waals surface area contributed by atoms with Gasteiger partial charge in [0.1, 0.15) is 11.7 Å². The minimum Gasteiger partial charge on any atom is -0.480 e. The highest BCUT2D eigenvalue weighted by molar-refractivity contribution is 6.03. The molecular weight excluding hydrogens is 390 g/mol. The lowest BCUT2D eigenvalue weighted by atomic mass is 9.93. The van der Waals surface area contributed by atoms with E-state index in [4.69, 9.17) is 10.8 Å². The SMILES string of the molecule is NC(CNC(=O)c1cc2c(-c3ccccc3Cc3ccccc3)cccc2[nH]1)C(=O)O. The quantitative estimate of drug-likeness (QED) is 0.371. The third kappa shape index (κ3) is 4.49. The van der Waals surface area contributed by atoms with Gasteiger partial charge in [0, 0.05) is 17.4 Å². The van der Waals surface area contributed by atoms with Gasteiger partial charge in [0.05, 0.1) is 0 Å². The number of carboxylic acids is 1. The second-order valence-electron chi connectivity index (χ2n) is 7.42. The first-order valence-electron chi connectivity index (χ1n) is 10.0. The highest BCUT2D eigenvalue weighted by atomic mass is 16.4. The van der Waals surface area contributed by atoms with Crippen molar-refractivity contribution in [3.8, 4) is 11.1 Å². The second-order valence-corrected chi connectivity index (χ2v) is 7.42. The Morgan fingerprint density at radius 3 is 2.42 bits per heavy atom. The summed E-state index contributed by atoms with van der Waals surface area (Å²) in [6.45, 7) is -0.143. The van der Waals surface area contributed by atoms with Gasteiger partial charge in [-0.15, -0.1) is 0 Å². The number of aliphatic carboxylic acids is 1. The first kappa shape index (κ1) is 20.4. The molecule has 0 saturated carbocycles. The molecule has 0 aliphatic rings. The lowest BCUT2D eigenvalue weighted by molar-refractivity contribution is -0.138. The molecule has 3 aromatic carbocycles. The number of nitrogens with one attached hydrogen (secondary N) is 2. The summed E-state index contributed by atoms with van der Waals surface area (Å²) in [4.78, 5) is 26.5. The number of fused-ring (bicyclic) bond motifs is 1. The van der Waals surface area contributed by atoms with E-state index in [-0.39, 0.29) is 6.54 Å². The summed E-state index contributed by atoms with van der Waals surface area (Å²) in [5, 5.41) is 12.4. The molecule has 1 amide bonds. The van der Waals surface area contributed by atoms with Crippen molar-refractivity contribution in [3.63, 3.8) is 0 Å². The zero-order chi connectivity index (χ0) is 21.8. The maximum absolute atomic E-state index is 12.5. The largest absolute Gasteiger partial charge is 0.480 e. The van der Waals surface area contributed by atoms with Crippen molar-refractivity contribution in [3.05, 3.63) is 95.7 Å². The van der Waals surface area contributed by atoms with Crippen LogP contribution >= 0.6 is 0 Å². The Labute approximate surface area is 179 Å². The Kier molecular flexibility index (Phi) is 5.82. The van der Waals surface area contributed by atoms with E-state index < -0.39 is 17.9 Å². The summed E-state index contributed by atoms with van der Waals surface area (Å²) >= 11 is 0. The fourth-order valence-electron chi connectivity index (χ4n) is 3.65. The molecule has 0 saturated heterocycles. The van der Waals surface area contributed by atoms with Crippen LogP contribution in [0.3, 0.4) is 0 Å². The molecule has 1 unspecified atom stereocenters. The number of carbonyl (C=O) groups excluding carboxylic acids is 1. The van der Waals surface area contributed by atoms with Gasteiger partial charge in [-0.1, -0.05) is 66.7 Å². The van der Waals surface area contributed by atoms with Crippen molar-refractivity contribution in [2.75, 3.05) is 6.54 Å². The van der Waals surface area contributed by atoms with Gasteiger partial charge in [0.25, 0.3) is 5.91 Å². The van der Waals surface area contributed by atoms with Crippen molar-refractivity contribution in [2.45, 2.75) is 12.5 Å². The van der Waals surface area contributed by atoms with Gasteiger partial charge in [0.15, 0.2) is 0 Å². The van der Waals surface area contributed by atoms with Crippen molar-refractivity contribution < 1.29 is 14.7 Å². The molecule has 0 radical (unpaired) electrons. The van der Waals surface area contributed by atoms with Crippen LogP contribution in [0.2, 0.25) is 0 Å². The number of aromatic amines is 1. The third-order valence-electron chi connectivity index (χ3n) is 5.25. The number of aromatic nitrogens is 1. The highest BCUT2D eigenvalue weighted by Crippen LogP contribution is 2.32. The number of nitrogens with two attached hydrogens (primary N) is 1. The topological polar surface area (TPSA) is 108 Å².